The third-order valence-electron chi connectivity index (χ3n) is 5.36. The molecule has 1 aliphatic carbocycles. The number of hydrogen-bond acceptors (Lipinski definition) is 5. The molecule has 0 fully saturated rings. The Kier molecular flexibility index (Phi) is 5.06. The van der Waals surface area contributed by atoms with Crippen LogP contribution in [0.2, 0.25) is 5.02 Å². The second-order valence-corrected chi connectivity index (χ2v) is 9.72. The summed E-state index contributed by atoms with van der Waals surface area (Å²) in [6.45, 7) is 6.08. The van der Waals surface area contributed by atoms with E-state index in [-0.39, 0.29) is 16.2 Å². The summed E-state index contributed by atoms with van der Waals surface area (Å²) < 4.78 is 13.4. The van der Waals surface area contributed by atoms with Crippen molar-refractivity contribution in [2.24, 2.45) is 5.41 Å². The summed E-state index contributed by atoms with van der Waals surface area (Å²) in [6, 6.07) is 3.95. The van der Waals surface area contributed by atoms with Crippen molar-refractivity contribution in [1.82, 2.24) is 4.98 Å². The molecule has 3 N–H and O–H groups in total. The van der Waals surface area contributed by atoms with Gasteiger partial charge in [-0.05, 0) is 42.0 Å². The van der Waals surface area contributed by atoms with Crippen molar-refractivity contribution in [3.05, 3.63) is 50.7 Å². The quantitative estimate of drug-likeness (QED) is 0.546. The van der Waals surface area contributed by atoms with Crippen LogP contribution in [-0.2, 0) is 12.8 Å². The minimum absolute atomic E-state index is 0.0741. The number of hydrogen-bond donors (Lipinski definition) is 2. The molecule has 1 aliphatic rings. The Morgan fingerprint density at radius 3 is 2.77 bits per heavy atom. The molecule has 0 bridgehead atoms. The Morgan fingerprint density at radius 1 is 1.37 bits per heavy atom. The van der Waals surface area contributed by atoms with Crippen molar-refractivity contribution in [2.45, 2.75) is 40.0 Å². The van der Waals surface area contributed by atoms with E-state index in [2.05, 4.69) is 19.2 Å². The van der Waals surface area contributed by atoms with Crippen LogP contribution in [0.15, 0.2) is 18.2 Å². The van der Waals surface area contributed by atoms with Gasteiger partial charge in [0.15, 0.2) is 5.78 Å². The van der Waals surface area contributed by atoms with E-state index in [9.17, 15) is 14.0 Å². The van der Waals surface area contributed by atoms with Gasteiger partial charge in [-0.1, -0.05) is 32.4 Å². The fraction of sp³-hybridized carbons (Fsp3) is 0.318. The van der Waals surface area contributed by atoms with Crippen molar-refractivity contribution >= 4 is 56.2 Å². The van der Waals surface area contributed by atoms with E-state index < -0.39 is 11.7 Å². The molecule has 4 rings (SSSR count). The minimum atomic E-state index is -0.564. The van der Waals surface area contributed by atoms with E-state index in [0.717, 1.165) is 11.3 Å². The predicted molar refractivity (Wildman–Crippen MR) is 119 cm³/mol. The van der Waals surface area contributed by atoms with Gasteiger partial charge in [0.1, 0.15) is 15.5 Å². The van der Waals surface area contributed by atoms with Crippen LogP contribution in [0.4, 0.5) is 15.8 Å². The largest absolute Gasteiger partial charge is 0.397 e. The summed E-state index contributed by atoms with van der Waals surface area (Å²) in [4.78, 5) is 31.4. The van der Waals surface area contributed by atoms with Crippen LogP contribution in [0, 0.1) is 11.2 Å². The number of nitrogen functional groups attached to an aromatic ring is 1. The summed E-state index contributed by atoms with van der Waals surface area (Å²) in [5, 5.41) is 3.30. The lowest BCUT2D eigenvalue weighted by Gasteiger charge is -2.30. The molecule has 2 heterocycles. The number of aryl methyl sites for hydroxylation is 1. The normalized spacial score (nSPS) is 15.3. The smallest absolute Gasteiger partial charge is 0.267 e. The van der Waals surface area contributed by atoms with Crippen LogP contribution < -0.4 is 11.1 Å². The molecule has 2 aromatic heterocycles. The number of aromatic nitrogens is 1. The van der Waals surface area contributed by atoms with Crippen LogP contribution in [0.25, 0.3) is 10.2 Å². The van der Waals surface area contributed by atoms with E-state index >= 15 is 0 Å². The molecule has 1 aromatic carbocycles. The molecule has 0 saturated carbocycles. The number of ketones is 1. The molecular formula is C22H21ClFN3O2S. The molecule has 0 unspecified atom stereocenters. The molecule has 3 aromatic rings. The molecule has 0 saturated heterocycles. The standard InChI is InChI=1S/C22H21ClFN3O2S/c1-4-11-16-14(8-22(2,3)9-15(16)28)27-21-17(11)18(25)19(30-21)20(29)26-10-5-6-13(24)12(23)7-10/h5-7H,4,8-9,25H2,1-3H3,(H,26,29). The first kappa shape index (κ1) is 20.8. The maximum Gasteiger partial charge on any atom is 0.267 e. The van der Waals surface area contributed by atoms with Gasteiger partial charge in [-0.25, -0.2) is 9.37 Å². The average molecular weight is 446 g/mol. The molecule has 5 nitrogen and oxygen atoms in total. The SMILES string of the molecule is CCc1c2c(nc3sc(C(=O)Nc4ccc(F)c(Cl)c4)c(N)c13)CC(C)(C)CC2=O. The van der Waals surface area contributed by atoms with Crippen LogP contribution in [0.1, 0.15) is 58.5 Å². The van der Waals surface area contributed by atoms with Gasteiger partial charge < -0.3 is 11.1 Å². The lowest BCUT2D eigenvalue weighted by atomic mass is 9.74. The van der Waals surface area contributed by atoms with Crippen molar-refractivity contribution < 1.29 is 14.0 Å². The highest BCUT2D eigenvalue weighted by molar-refractivity contribution is 7.21. The number of fused-ring (bicyclic) bond motifs is 2. The second kappa shape index (κ2) is 7.32. The number of rotatable bonds is 3. The van der Waals surface area contributed by atoms with Gasteiger partial charge in [0.25, 0.3) is 5.91 Å². The van der Waals surface area contributed by atoms with E-state index in [1.54, 1.807) is 0 Å². The lowest BCUT2D eigenvalue weighted by molar-refractivity contribution is 0.0909. The average Bonchev–Trinajstić information content (AvgIpc) is 2.98. The number of Topliss-reactive ketones (excluding diaryl/α,β-unsaturated/α-hetero) is 1. The Balaban J connectivity index is 1.81. The first-order chi connectivity index (χ1) is 14.1. The van der Waals surface area contributed by atoms with E-state index in [0.29, 0.717) is 51.3 Å². The first-order valence-electron chi connectivity index (χ1n) is 9.64. The van der Waals surface area contributed by atoms with Gasteiger partial charge in [0.05, 0.1) is 16.4 Å². The number of amides is 1. The Morgan fingerprint density at radius 2 is 2.10 bits per heavy atom. The van der Waals surface area contributed by atoms with Crippen molar-refractivity contribution in [3.63, 3.8) is 0 Å². The number of nitrogens with zero attached hydrogens (tertiary/aromatic N) is 1. The number of benzene rings is 1. The molecule has 156 valence electrons. The third-order valence-corrected chi connectivity index (χ3v) is 6.74. The van der Waals surface area contributed by atoms with Crippen LogP contribution in [0.5, 0.6) is 0 Å². The lowest BCUT2D eigenvalue weighted by Crippen LogP contribution is -2.29. The Labute approximate surface area is 182 Å². The number of carbonyl (C=O) groups excluding carboxylic acids is 2. The summed E-state index contributed by atoms with van der Waals surface area (Å²) in [7, 11) is 0. The maximum atomic E-state index is 13.4. The number of anilines is 2. The molecule has 30 heavy (non-hydrogen) atoms. The van der Waals surface area contributed by atoms with Crippen LogP contribution in [0.3, 0.4) is 0 Å². The highest BCUT2D eigenvalue weighted by Gasteiger charge is 2.35. The van der Waals surface area contributed by atoms with Gasteiger partial charge in [-0.3, -0.25) is 9.59 Å². The molecule has 0 aliphatic heterocycles. The van der Waals surface area contributed by atoms with Crippen LogP contribution in [-0.4, -0.2) is 16.7 Å². The van der Waals surface area contributed by atoms with Gasteiger partial charge >= 0.3 is 0 Å². The Bertz CT molecular complexity index is 1220. The fourth-order valence-corrected chi connectivity index (χ4v) is 5.28. The summed E-state index contributed by atoms with van der Waals surface area (Å²) in [6.07, 6.45) is 1.77. The Hall–Kier alpha value is -2.51. The molecular weight excluding hydrogens is 425 g/mol. The maximum absolute atomic E-state index is 13.4. The van der Waals surface area contributed by atoms with E-state index in [1.165, 1.54) is 29.5 Å². The number of nitrogens with one attached hydrogen (secondary N) is 1. The fourth-order valence-electron chi connectivity index (χ4n) is 4.06. The number of halogens is 2. The van der Waals surface area contributed by atoms with Crippen molar-refractivity contribution in [3.8, 4) is 0 Å². The van der Waals surface area contributed by atoms with Gasteiger partial charge in [-0.15, -0.1) is 11.3 Å². The molecule has 0 radical (unpaired) electrons. The number of nitrogens with two attached hydrogens (primary N) is 1. The molecule has 1 amide bonds. The topological polar surface area (TPSA) is 85.1 Å². The summed E-state index contributed by atoms with van der Waals surface area (Å²) >= 11 is 6.99. The summed E-state index contributed by atoms with van der Waals surface area (Å²) in [5.41, 5.74) is 9.18. The summed E-state index contributed by atoms with van der Waals surface area (Å²) in [5.74, 6) is -0.916. The zero-order chi connectivity index (χ0) is 21.8. The van der Waals surface area contributed by atoms with E-state index in [4.69, 9.17) is 22.3 Å². The van der Waals surface area contributed by atoms with Crippen LogP contribution >= 0.6 is 22.9 Å². The number of pyridine rings is 1. The molecule has 0 spiro atoms. The zero-order valence-electron chi connectivity index (χ0n) is 16.9. The molecule has 0 atom stereocenters. The number of carbonyl (C=O) groups is 2. The van der Waals surface area contributed by atoms with Gasteiger partial charge in [0, 0.05) is 23.1 Å². The minimum Gasteiger partial charge on any atom is -0.397 e. The predicted octanol–water partition coefficient (Wildman–Crippen LogP) is 5.64. The van der Waals surface area contributed by atoms with Gasteiger partial charge in [0.2, 0.25) is 0 Å². The highest BCUT2D eigenvalue weighted by atomic mass is 35.5. The molecule has 8 heteroatoms. The first-order valence-corrected chi connectivity index (χ1v) is 10.8. The van der Waals surface area contributed by atoms with Crippen molar-refractivity contribution in [2.75, 3.05) is 11.1 Å². The van der Waals surface area contributed by atoms with E-state index in [1.807, 2.05) is 6.92 Å². The highest BCUT2D eigenvalue weighted by Crippen LogP contribution is 2.42. The monoisotopic (exact) mass is 445 g/mol. The van der Waals surface area contributed by atoms with Gasteiger partial charge in [-0.2, -0.15) is 0 Å². The number of thiophene rings is 1. The zero-order valence-corrected chi connectivity index (χ0v) is 18.4. The van der Waals surface area contributed by atoms with Crippen molar-refractivity contribution in [1.29, 1.82) is 0 Å². The second-order valence-electron chi connectivity index (χ2n) is 8.31. The third kappa shape index (κ3) is 3.46.